The zero-order chi connectivity index (χ0) is 23.3. The summed E-state index contributed by atoms with van der Waals surface area (Å²) >= 11 is 1.65. The first-order chi connectivity index (χ1) is 15.4. The van der Waals surface area contributed by atoms with Crippen LogP contribution in [0.1, 0.15) is 35.1 Å². The molecule has 0 aliphatic rings. The Kier molecular flexibility index (Phi) is 10.9. The molecule has 0 saturated carbocycles. The minimum absolute atomic E-state index is 0.00136. The van der Waals surface area contributed by atoms with E-state index in [1.54, 1.807) is 30.3 Å². The van der Waals surface area contributed by atoms with Gasteiger partial charge in [0.15, 0.2) is 0 Å². The minimum atomic E-state index is -0.419. The Bertz CT molecular complexity index is 868. The summed E-state index contributed by atoms with van der Waals surface area (Å²) in [6.45, 7) is 5.47. The van der Waals surface area contributed by atoms with Gasteiger partial charge in [-0.15, -0.1) is 11.3 Å². The van der Waals surface area contributed by atoms with Crippen LogP contribution in [0, 0.1) is 6.92 Å². The summed E-state index contributed by atoms with van der Waals surface area (Å²) in [5.41, 5.74) is 1.02. The third-order valence-corrected chi connectivity index (χ3v) is 5.79. The second-order valence-corrected chi connectivity index (χ2v) is 8.73. The van der Waals surface area contributed by atoms with Crippen molar-refractivity contribution in [1.29, 1.82) is 0 Å². The second-order valence-electron chi connectivity index (χ2n) is 7.36. The van der Waals surface area contributed by atoms with Crippen LogP contribution in [0.4, 0.5) is 0 Å². The number of benzene rings is 1. The first-order valence-corrected chi connectivity index (χ1v) is 11.5. The van der Waals surface area contributed by atoms with Gasteiger partial charge in [0.2, 0.25) is 11.8 Å². The van der Waals surface area contributed by atoms with E-state index in [9.17, 15) is 14.4 Å². The maximum atomic E-state index is 13.3. The molecular formula is C24H32N2O5S. The highest BCUT2D eigenvalue weighted by Crippen LogP contribution is 2.19. The molecule has 2 amide bonds. The highest BCUT2D eigenvalue weighted by atomic mass is 32.1. The quantitative estimate of drug-likeness (QED) is 0.428. The lowest BCUT2D eigenvalue weighted by atomic mass is 10.2. The number of carbonyl (C=O) groups excluding carboxylic acids is 3. The van der Waals surface area contributed by atoms with Gasteiger partial charge < -0.3 is 19.3 Å². The zero-order valence-electron chi connectivity index (χ0n) is 19.0. The summed E-state index contributed by atoms with van der Waals surface area (Å²) in [6.07, 6.45) is -0.00875. The Hall–Kier alpha value is -2.71. The average Bonchev–Trinajstić information content (AvgIpc) is 3.19. The minimum Gasteiger partial charge on any atom is -0.466 e. The maximum Gasteiger partial charge on any atom is 0.306 e. The molecule has 1 aromatic carbocycles. The van der Waals surface area contributed by atoms with Crippen LogP contribution >= 0.6 is 11.3 Å². The van der Waals surface area contributed by atoms with Gasteiger partial charge in [0.25, 0.3) is 0 Å². The molecule has 0 atom stereocenters. The number of carbonyl (C=O) groups is 3. The Labute approximate surface area is 193 Å². The molecule has 0 N–H and O–H groups in total. The number of amides is 2. The molecule has 0 radical (unpaired) electrons. The van der Waals surface area contributed by atoms with E-state index in [1.165, 1.54) is 9.78 Å². The molecule has 0 spiro atoms. The first kappa shape index (κ1) is 25.5. The summed E-state index contributed by atoms with van der Waals surface area (Å²) in [5.74, 6) is -0.840. The summed E-state index contributed by atoms with van der Waals surface area (Å²) in [6, 6.07) is 13.8. The molecule has 0 fully saturated rings. The Morgan fingerprint density at radius 3 is 2.31 bits per heavy atom. The zero-order valence-corrected chi connectivity index (χ0v) is 19.9. The number of ether oxygens (including phenoxy) is 2. The van der Waals surface area contributed by atoms with Gasteiger partial charge in [-0.1, -0.05) is 30.3 Å². The van der Waals surface area contributed by atoms with E-state index in [4.69, 9.17) is 9.47 Å². The topological polar surface area (TPSA) is 76.1 Å². The van der Waals surface area contributed by atoms with Crippen molar-refractivity contribution in [3.63, 3.8) is 0 Å². The third kappa shape index (κ3) is 8.80. The normalized spacial score (nSPS) is 10.6. The molecule has 2 rings (SSSR count). The standard InChI is InChI=1S/C24H32N2O5S/c1-4-31-24(29)13-12-22(27)25(14-15-30-3)18-23(28)26(16-20-8-6-5-7-9-20)17-21-11-10-19(2)32-21/h5-11H,4,12-18H2,1-3H3. The molecule has 1 aromatic heterocycles. The van der Waals surface area contributed by atoms with Crippen molar-refractivity contribution in [2.75, 3.05) is 33.4 Å². The molecule has 0 unspecified atom stereocenters. The van der Waals surface area contributed by atoms with E-state index in [0.29, 0.717) is 19.7 Å². The lowest BCUT2D eigenvalue weighted by Gasteiger charge is -2.27. The Morgan fingerprint density at radius 1 is 0.938 bits per heavy atom. The number of aryl methyl sites for hydroxylation is 1. The maximum absolute atomic E-state index is 13.3. The molecule has 0 aliphatic heterocycles. The van der Waals surface area contributed by atoms with Crippen LogP contribution in [-0.2, 0) is 36.9 Å². The molecule has 0 bridgehead atoms. The van der Waals surface area contributed by atoms with Gasteiger partial charge in [-0.05, 0) is 31.5 Å². The monoisotopic (exact) mass is 460 g/mol. The van der Waals surface area contributed by atoms with E-state index in [2.05, 4.69) is 0 Å². The highest BCUT2D eigenvalue weighted by Gasteiger charge is 2.22. The fourth-order valence-corrected chi connectivity index (χ4v) is 4.06. The third-order valence-electron chi connectivity index (χ3n) is 4.80. The second kappa shape index (κ2) is 13.6. The van der Waals surface area contributed by atoms with Crippen molar-refractivity contribution >= 4 is 29.1 Å². The fourth-order valence-electron chi connectivity index (χ4n) is 3.15. The van der Waals surface area contributed by atoms with Crippen LogP contribution in [0.3, 0.4) is 0 Å². The van der Waals surface area contributed by atoms with Crippen LogP contribution in [0.25, 0.3) is 0 Å². The number of thiophene rings is 1. The fraction of sp³-hybridized carbons (Fsp3) is 0.458. The van der Waals surface area contributed by atoms with Crippen molar-refractivity contribution in [1.82, 2.24) is 9.80 Å². The molecular weight excluding hydrogens is 428 g/mol. The SMILES string of the molecule is CCOC(=O)CCC(=O)N(CCOC)CC(=O)N(Cc1ccccc1)Cc1ccc(C)s1. The number of rotatable bonds is 13. The number of methoxy groups -OCH3 is 1. The van der Waals surface area contributed by atoms with E-state index < -0.39 is 5.97 Å². The lowest BCUT2D eigenvalue weighted by molar-refractivity contribution is -0.146. The van der Waals surface area contributed by atoms with Crippen molar-refractivity contribution in [2.24, 2.45) is 0 Å². The molecule has 7 nitrogen and oxygen atoms in total. The molecule has 32 heavy (non-hydrogen) atoms. The predicted molar refractivity (Wildman–Crippen MR) is 124 cm³/mol. The van der Waals surface area contributed by atoms with Gasteiger partial charge in [-0.2, -0.15) is 0 Å². The molecule has 0 aliphatic carbocycles. The van der Waals surface area contributed by atoms with Crippen molar-refractivity contribution in [3.8, 4) is 0 Å². The van der Waals surface area contributed by atoms with Gasteiger partial charge >= 0.3 is 5.97 Å². The lowest BCUT2D eigenvalue weighted by Crippen LogP contribution is -2.43. The Morgan fingerprint density at radius 2 is 1.69 bits per heavy atom. The molecule has 2 aromatic rings. The highest BCUT2D eigenvalue weighted by molar-refractivity contribution is 7.11. The molecule has 0 saturated heterocycles. The molecule has 1 heterocycles. The van der Waals surface area contributed by atoms with Gasteiger partial charge in [-0.25, -0.2) is 0 Å². The van der Waals surface area contributed by atoms with Crippen molar-refractivity contribution in [2.45, 2.75) is 39.8 Å². The largest absolute Gasteiger partial charge is 0.466 e. The smallest absolute Gasteiger partial charge is 0.306 e. The van der Waals surface area contributed by atoms with Crippen LogP contribution in [-0.4, -0.2) is 61.0 Å². The molecule has 174 valence electrons. The van der Waals surface area contributed by atoms with E-state index in [0.717, 1.165) is 10.4 Å². The summed E-state index contributed by atoms with van der Waals surface area (Å²) in [4.78, 5) is 43.1. The predicted octanol–water partition coefficient (Wildman–Crippen LogP) is 3.40. The van der Waals surface area contributed by atoms with Crippen LogP contribution < -0.4 is 0 Å². The number of esters is 1. The molecule has 8 heteroatoms. The van der Waals surface area contributed by atoms with Gasteiger partial charge in [0.1, 0.15) is 0 Å². The summed E-state index contributed by atoms with van der Waals surface area (Å²) < 4.78 is 10.0. The number of hydrogen-bond donors (Lipinski definition) is 0. The van der Waals surface area contributed by atoms with Gasteiger partial charge in [-0.3, -0.25) is 14.4 Å². The first-order valence-electron chi connectivity index (χ1n) is 10.7. The van der Waals surface area contributed by atoms with Gasteiger partial charge in [0, 0.05) is 36.4 Å². The number of nitrogens with zero attached hydrogens (tertiary/aromatic N) is 2. The van der Waals surface area contributed by atoms with Crippen LogP contribution in [0.15, 0.2) is 42.5 Å². The van der Waals surface area contributed by atoms with E-state index in [1.807, 2.05) is 49.4 Å². The summed E-state index contributed by atoms with van der Waals surface area (Å²) in [7, 11) is 1.55. The number of hydrogen-bond acceptors (Lipinski definition) is 6. The van der Waals surface area contributed by atoms with E-state index in [-0.39, 0.29) is 44.4 Å². The van der Waals surface area contributed by atoms with Crippen LogP contribution in [0.2, 0.25) is 0 Å². The van der Waals surface area contributed by atoms with Gasteiger partial charge in [0.05, 0.1) is 32.7 Å². The van der Waals surface area contributed by atoms with Crippen LogP contribution in [0.5, 0.6) is 0 Å². The van der Waals surface area contributed by atoms with Crippen molar-refractivity contribution < 1.29 is 23.9 Å². The summed E-state index contributed by atoms with van der Waals surface area (Å²) in [5, 5.41) is 0. The Balaban J connectivity index is 2.10. The van der Waals surface area contributed by atoms with Crippen molar-refractivity contribution in [3.05, 3.63) is 57.8 Å². The average molecular weight is 461 g/mol. The van der Waals surface area contributed by atoms with E-state index >= 15 is 0 Å².